The van der Waals surface area contributed by atoms with Crippen LogP contribution in [0.5, 0.6) is 0 Å². The van der Waals surface area contributed by atoms with Crippen LogP contribution in [0.15, 0.2) is 155 Å². The summed E-state index contributed by atoms with van der Waals surface area (Å²) in [5.74, 6) is -1.72. The Morgan fingerprint density at radius 3 is 1.20 bits per heavy atom. The van der Waals surface area contributed by atoms with Crippen molar-refractivity contribution in [2.45, 2.75) is 22.9 Å². The van der Waals surface area contributed by atoms with E-state index in [4.69, 9.17) is 19.9 Å². The van der Waals surface area contributed by atoms with Crippen molar-refractivity contribution in [1.82, 2.24) is 29.7 Å². The average molecular weight is 1130 g/mol. The van der Waals surface area contributed by atoms with Gasteiger partial charge in [0.2, 0.25) is 0 Å². The summed E-state index contributed by atoms with van der Waals surface area (Å²) in [7, 11) is -9.88. The number of aromatic nitrogens is 4. The molecule has 0 N–H and O–H groups in total. The van der Waals surface area contributed by atoms with E-state index in [9.17, 15) is 45.1 Å². The SMILES string of the molecule is O=C1c2ccccc2C(=O)N1Cc1ccc2c(c1)-c1cc3[n-]c(cc4nc(cc5[n-]c(cc-2n1)c1ccc(CN2C(=O)c6ccccc6C2=O)cc51)-c1cc(S(=O)(=O)[O-])ccc1-4)c1cc(S(=O)(=O)[O-])ccc31.[K+].[K+].[Zn+2]. The molecule has 21 heteroatoms. The molecule has 7 heterocycles. The van der Waals surface area contributed by atoms with Gasteiger partial charge in [-0.25, -0.2) is 26.8 Å². The van der Waals surface area contributed by atoms with Crippen molar-refractivity contribution in [3.05, 3.63) is 179 Å². The van der Waals surface area contributed by atoms with Crippen molar-refractivity contribution >= 4 is 87.5 Å². The van der Waals surface area contributed by atoms with Crippen LogP contribution in [0.2, 0.25) is 0 Å². The molecule has 9 aromatic rings. The summed E-state index contributed by atoms with van der Waals surface area (Å²) in [5.41, 5.74) is 7.04. The number of nitrogens with zero attached hydrogens (tertiary/aromatic N) is 6. The number of hydrogen-bond donors (Lipinski definition) is 0. The third-order valence-electron chi connectivity index (χ3n) is 13.4. The maximum absolute atomic E-state index is 13.5. The topological polar surface area (TPSA) is 243 Å². The van der Waals surface area contributed by atoms with Gasteiger partial charge >= 0.3 is 122 Å². The molecule has 0 aliphatic carbocycles. The van der Waals surface area contributed by atoms with Gasteiger partial charge in [-0.15, -0.1) is 22.1 Å². The molecule has 4 aliphatic rings. The minimum absolute atomic E-state index is 0. The van der Waals surface area contributed by atoms with E-state index in [1.165, 1.54) is 40.1 Å². The standard InChI is InChI=1S/C54H32N6O10S2.2K.Zn/c61-51-35-5-1-2-6-36(35)52(62)59(51)25-27-9-13-31-39(17-27)47-22-45-33-15-11-29(71(65,66)67)19-41(33)49(57-45)23-46-34-16-12-30(72(68,69)70)20-42(34)50(58-46)24-48-40-18-28(10-14-32(40)44(56-48)21-43(31)55-47)26-60-53(63)37-7-3-4-8-38(37)54(60)64;;;/h1-24H,25-26H2,(H4,55,56,57,58,61,62,63,64,65,66,67,68,69,70);;;/q;2*+1;+2/p-4. The maximum Gasteiger partial charge on any atom is 2.00 e. The van der Waals surface area contributed by atoms with E-state index in [0.29, 0.717) is 94.2 Å². The Morgan fingerprint density at radius 1 is 0.387 bits per heavy atom. The third-order valence-corrected chi connectivity index (χ3v) is 15.1. The predicted molar refractivity (Wildman–Crippen MR) is 260 cm³/mol. The van der Waals surface area contributed by atoms with Crippen molar-refractivity contribution in [3.63, 3.8) is 0 Å². The molecule has 350 valence electrons. The summed E-state index contributed by atoms with van der Waals surface area (Å²) in [4.78, 5) is 75.3. The van der Waals surface area contributed by atoms with E-state index >= 15 is 0 Å². The van der Waals surface area contributed by atoms with Crippen LogP contribution in [0.4, 0.5) is 0 Å². The Kier molecular flexibility index (Phi) is 14.1. The normalized spacial score (nSPS) is 13.5. The molecule has 13 rings (SSSR count). The zero-order chi connectivity index (χ0) is 49.5. The van der Waals surface area contributed by atoms with Gasteiger partial charge < -0.3 is 19.1 Å². The molecule has 75 heavy (non-hydrogen) atoms. The summed E-state index contributed by atoms with van der Waals surface area (Å²) >= 11 is 0. The molecule has 0 atom stereocenters. The number of carbonyl (C=O) groups is 4. The van der Waals surface area contributed by atoms with Crippen LogP contribution >= 0.6 is 0 Å². The molecule has 0 radical (unpaired) electrons. The Balaban J connectivity index is 0.00000214. The fourth-order valence-corrected chi connectivity index (χ4v) is 11.0. The molecule has 3 aromatic heterocycles. The molecule has 0 unspecified atom stereocenters. The number of hydrogen-bond acceptors (Lipinski definition) is 12. The van der Waals surface area contributed by atoms with Gasteiger partial charge in [0.1, 0.15) is 20.2 Å². The summed E-state index contributed by atoms with van der Waals surface area (Å²) < 4.78 is 74.4. The van der Waals surface area contributed by atoms with Gasteiger partial charge in [-0.1, -0.05) is 66.7 Å². The van der Waals surface area contributed by atoms with Crippen LogP contribution in [0.1, 0.15) is 52.6 Å². The fraction of sp³-hybridized carbons (Fsp3) is 0.0370. The van der Waals surface area contributed by atoms with Crippen molar-refractivity contribution in [1.29, 1.82) is 0 Å². The second-order valence-electron chi connectivity index (χ2n) is 17.7. The summed E-state index contributed by atoms with van der Waals surface area (Å²) in [6.07, 6.45) is 0. The van der Waals surface area contributed by atoms with E-state index < -0.39 is 53.7 Å². The number of amides is 4. The van der Waals surface area contributed by atoms with E-state index in [1.54, 1.807) is 91.0 Å². The largest absolute Gasteiger partial charge is 2.00 e. The number of carbonyl (C=O) groups excluding carboxylic acids is 4. The molecule has 4 amide bonds. The van der Waals surface area contributed by atoms with Crippen LogP contribution < -0.4 is 113 Å². The van der Waals surface area contributed by atoms with Crippen molar-refractivity contribution < 1.29 is 167 Å². The first-order chi connectivity index (χ1) is 34.6. The van der Waals surface area contributed by atoms with E-state index in [0.717, 1.165) is 6.07 Å². The van der Waals surface area contributed by atoms with Crippen LogP contribution in [-0.2, 0) is 52.8 Å². The van der Waals surface area contributed by atoms with E-state index in [2.05, 4.69) is 0 Å². The Labute approximate surface area is 524 Å². The molecule has 4 aliphatic heterocycles. The van der Waals surface area contributed by atoms with Gasteiger partial charge in [-0.3, -0.25) is 29.0 Å². The van der Waals surface area contributed by atoms with Crippen LogP contribution in [0, 0.1) is 0 Å². The number of rotatable bonds is 6. The quantitative estimate of drug-likeness (QED) is 0.131. The monoisotopic (exact) mass is 1130 g/mol. The van der Waals surface area contributed by atoms with Gasteiger partial charge in [0.25, 0.3) is 23.6 Å². The molecular formula is C54H28K2N6O10S2Zn. The molecule has 0 fully saturated rings. The van der Waals surface area contributed by atoms with Crippen LogP contribution in [0.3, 0.4) is 0 Å². The smallest absolute Gasteiger partial charge is 0.744 e. The van der Waals surface area contributed by atoms with Gasteiger partial charge in [-0.05, 0) is 112 Å². The Morgan fingerprint density at radius 2 is 0.733 bits per heavy atom. The van der Waals surface area contributed by atoms with Crippen molar-refractivity contribution in [3.8, 4) is 45.0 Å². The van der Waals surface area contributed by atoms with E-state index in [-0.39, 0.29) is 163 Å². The molecule has 6 aromatic carbocycles. The number of fused-ring (bicyclic) bond motifs is 22. The maximum atomic E-state index is 13.5. The summed E-state index contributed by atoms with van der Waals surface area (Å²) in [5, 5.41) is 1.94. The molecule has 0 saturated carbocycles. The second-order valence-corrected chi connectivity index (χ2v) is 20.4. The fourth-order valence-electron chi connectivity index (χ4n) is 10.0. The van der Waals surface area contributed by atoms with Crippen LogP contribution in [-0.4, -0.2) is 69.3 Å². The van der Waals surface area contributed by atoms with Gasteiger partial charge in [0.15, 0.2) is 0 Å². The zero-order valence-electron chi connectivity index (χ0n) is 39.6. The van der Waals surface area contributed by atoms with Crippen LogP contribution in [0.25, 0.3) is 88.6 Å². The average Bonchev–Trinajstić information content (AvgIpc) is 4.18. The number of benzene rings is 6. The molecule has 8 bridgehead atoms. The summed E-state index contributed by atoms with van der Waals surface area (Å²) in [6.45, 7) is -0.112. The minimum Gasteiger partial charge on any atom is -0.744 e. The zero-order valence-corrected chi connectivity index (χ0v) is 50.4. The molecule has 0 saturated heterocycles. The predicted octanol–water partition coefficient (Wildman–Crippen LogP) is 1.95. The Bertz CT molecular complexity index is 4420. The second kappa shape index (κ2) is 19.8. The van der Waals surface area contributed by atoms with Gasteiger partial charge in [0.05, 0.1) is 67.9 Å². The van der Waals surface area contributed by atoms with Gasteiger partial charge in [-0.2, -0.15) is 0 Å². The van der Waals surface area contributed by atoms with E-state index in [1.807, 2.05) is 18.2 Å². The first-order valence-corrected chi connectivity index (χ1v) is 25.0. The van der Waals surface area contributed by atoms with Crippen molar-refractivity contribution in [2.24, 2.45) is 0 Å². The first kappa shape index (κ1) is 53.4. The molecule has 16 nitrogen and oxygen atoms in total. The first-order valence-electron chi connectivity index (χ1n) is 22.2. The number of imide groups is 2. The Hall–Kier alpha value is -5.04. The third kappa shape index (κ3) is 9.04. The van der Waals surface area contributed by atoms with Crippen molar-refractivity contribution in [2.75, 3.05) is 0 Å². The minimum atomic E-state index is -4.95. The van der Waals surface area contributed by atoms with Gasteiger partial charge in [0, 0.05) is 22.3 Å². The summed E-state index contributed by atoms with van der Waals surface area (Å²) in [6, 6.07) is 38.5. The molecular weight excluding hydrogens is 1100 g/mol. The molecule has 0 spiro atoms.